The molecule has 1 amide bonds. The Bertz CT molecular complexity index is 1390. The monoisotopic (exact) mass is 567 g/mol. The zero-order valence-corrected chi connectivity index (χ0v) is 23.4. The van der Waals surface area contributed by atoms with Crippen molar-refractivity contribution in [3.63, 3.8) is 0 Å². The fourth-order valence-electron chi connectivity index (χ4n) is 5.70. The Morgan fingerprint density at radius 2 is 1.41 bits per heavy atom. The molecule has 3 aromatic carbocycles. The lowest BCUT2D eigenvalue weighted by atomic mass is 9.64. The maximum Gasteiger partial charge on any atom is 0.231 e. The van der Waals surface area contributed by atoms with Crippen molar-refractivity contribution < 1.29 is 48.2 Å². The topological polar surface area (TPSA) is 134 Å². The van der Waals surface area contributed by atoms with Crippen LogP contribution >= 0.6 is 0 Å². The minimum atomic E-state index is -1.17. The molecule has 1 aliphatic carbocycles. The number of methoxy groups -OCH3 is 5. The molecular weight excluding hydrogens is 534 g/mol. The summed E-state index contributed by atoms with van der Waals surface area (Å²) in [5, 5.41) is 25.0. The Balaban J connectivity index is 1.69. The van der Waals surface area contributed by atoms with Crippen molar-refractivity contribution in [1.82, 2.24) is 0 Å². The van der Waals surface area contributed by atoms with E-state index >= 15 is 0 Å². The van der Waals surface area contributed by atoms with E-state index in [4.69, 9.17) is 33.2 Å². The Kier molecular flexibility index (Phi) is 8.00. The highest BCUT2D eigenvalue weighted by molar-refractivity contribution is 5.94. The highest BCUT2D eigenvalue weighted by Gasteiger charge is 2.47. The molecule has 0 unspecified atom stereocenters. The number of anilines is 1. The highest BCUT2D eigenvalue weighted by Crippen LogP contribution is 2.54. The van der Waals surface area contributed by atoms with Crippen LogP contribution in [-0.4, -0.2) is 65.1 Å². The van der Waals surface area contributed by atoms with E-state index in [1.54, 1.807) is 42.5 Å². The largest absolute Gasteiger partial charge is 0.497 e. The van der Waals surface area contributed by atoms with E-state index in [9.17, 15) is 15.0 Å². The van der Waals surface area contributed by atoms with Crippen LogP contribution in [0.15, 0.2) is 42.5 Å². The average molecular weight is 568 g/mol. The molecule has 11 nitrogen and oxygen atoms in total. The van der Waals surface area contributed by atoms with Crippen LogP contribution in [0.1, 0.15) is 28.7 Å². The molecular formula is C30H33NO10. The van der Waals surface area contributed by atoms with Crippen LogP contribution in [0.2, 0.25) is 0 Å². The molecule has 3 aromatic rings. The van der Waals surface area contributed by atoms with Gasteiger partial charge in [-0.15, -0.1) is 0 Å². The molecule has 218 valence electrons. The van der Waals surface area contributed by atoms with Gasteiger partial charge in [0, 0.05) is 42.3 Å². The zero-order valence-electron chi connectivity index (χ0n) is 23.4. The van der Waals surface area contributed by atoms with Crippen LogP contribution in [0.3, 0.4) is 0 Å². The van der Waals surface area contributed by atoms with Gasteiger partial charge in [-0.3, -0.25) is 4.79 Å². The third kappa shape index (κ3) is 5.02. The van der Waals surface area contributed by atoms with Crippen LogP contribution in [0, 0.1) is 11.8 Å². The molecule has 41 heavy (non-hydrogen) atoms. The second kappa shape index (κ2) is 11.6. The van der Waals surface area contributed by atoms with E-state index < -0.39 is 36.4 Å². The maximum absolute atomic E-state index is 14.2. The van der Waals surface area contributed by atoms with Crippen LogP contribution in [0.4, 0.5) is 5.69 Å². The number of hydrogen-bond donors (Lipinski definition) is 3. The third-order valence-electron chi connectivity index (χ3n) is 7.64. The molecule has 4 atom stereocenters. The number of fused-ring (bicyclic) bond motifs is 2. The summed E-state index contributed by atoms with van der Waals surface area (Å²) in [7, 11) is 7.55. The minimum absolute atomic E-state index is 0.0359. The molecule has 1 aliphatic heterocycles. The van der Waals surface area contributed by atoms with E-state index in [-0.39, 0.29) is 6.79 Å². The van der Waals surface area contributed by atoms with Crippen molar-refractivity contribution in [2.75, 3.05) is 54.3 Å². The maximum atomic E-state index is 14.2. The van der Waals surface area contributed by atoms with E-state index in [1.165, 1.54) is 35.5 Å². The van der Waals surface area contributed by atoms with Gasteiger partial charge < -0.3 is 48.7 Å². The Hall–Kier alpha value is -4.35. The second-order valence-corrected chi connectivity index (χ2v) is 9.68. The van der Waals surface area contributed by atoms with Crippen LogP contribution in [-0.2, 0) is 4.79 Å². The lowest BCUT2D eigenvalue weighted by Gasteiger charge is -2.41. The summed E-state index contributed by atoms with van der Waals surface area (Å²) in [4.78, 5) is 14.2. The number of benzene rings is 3. The van der Waals surface area contributed by atoms with Crippen molar-refractivity contribution in [1.29, 1.82) is 0 Å². The first kappa shape index (κ1) is 28.2. The predicted octanol–water partition coefficient (Wildman–Crippen LogP) is 3.50. The van der Waals surface area contributed by atoms with E-state index in [0.29, 0.717) is 62.6 Å². The molecule has 1 heterocycles. The van der Waals surface area contributed by atoms with Crippen molar-refractivity contribution in [2.24, 2.45) is 11.8 Å². The lowest BCUT2D eigenvalue weighted by molar-refractivity contribution is -0.125. The molecule has 11 heteroatoms. The molecule has 3 N–H and O–H groups in total. The first-order chi connectivity index (χ1) is 19.9. The molecule has 0 saturated heterocycles. The van der Waals surface area contributed by atoms with Gasteiger partial charge in [0.15, 0.2) is 23.0 Å². The van der Waals surface area contributed by atoms with Gasteiger partial charge in [-0.05, 0) is 41.0 Å². The quantitative estimate of drug-likeness (QED) is 0.353. The van der Waals surface area contributed by atoms with Gasteiger partial charge in [-0.2, -0.15) is 0 Å². The second-order valence-electron chi connectivity index (χ2n) is 9.68. The van der Waals surface area contributed by atoms with Gasteiger partial charge in [-0.1, -0.05) is 0 Å². The number of carbonyl (C=O) groups is 1. The number of carbonyl (C=O) groups excluding carboxylic acids is 1. The summed E-state index contributed by atoms with van der Waals surface area (Å²) in [5.41, 5.74) is 2.24. The van der Waals surface area contributed by atoms with E-state index in [0.717, 1.165) is 0 Å². The number of hydrogen-bond acceptors (Lipinski definition) is 10. The van der Waals surface area contributed by atoms with Crippen molar-refractivity contribution in [3.05, 3.63) is 59.2 Å². The fourth-order valence-corrected chi connectivity index (χ4v) is 5.70. The smallest absolute Gasteiger partial charge is 0.231 e. The van der Waals surface area contributed by atoms with Gasteiger partial charge in [0.05, 0.1) is 47.6 Å². The van der Waals surface area contributed by atoms with Gasteiger partial charge in [-0.25, -0.2) is 0 Å². The van der Waals surface area contributed by atoms with Gasteiger partial charge in [0.25, 0.3) is 0 Å². The van der Waals surface area contributed by atoms with E-state index in [1.807, 2.05) is 0 Å². The average Bonchev–Trinajstić information content (AvgIpc) is 3.46. The summed E-state index contributed by atoms with van der Waals surface area (Å²) in [5.74, 6) is 0.220. The molecule has 0 aromatic heterocycles. The number of amides is 1. The van der Waals surface area contributed by atoms with E-state index in [2.05, 4.69) is 5.32 Å². The Labute approximate surface area is 237 Å². The molecule has 0 bridgehead atoms. The Morgan fingerprint density at radius 3 is 1.93 bits per heavy atom. The van der Waals surface area contributed by atoms with Gasteiger partial charge >= 0.3 is 0 Å². The number of nitrogens with one attached hydrogen (secondary N) is 1. The summed E-state index contributed by atoms with van der Waals surface area (Å²) in [6.45, 7) is -0.427. The summed E-state index contributed by atoms with van der Waals surface area (Å²) in [6, 6.07) is 12.0. The SMILES string of the molecule is COc1cc(NC(=O)[C@@H]2[C@H](c3cc(OC)c(OC)c(OC)c3)c3cc4c(cc3[C@H](O)[C@H]2CO)OCO4)cc(OC)c1. The predicted molar refractivity (Wildman–Crippen MR) is 148 cm³/mol. The van der Waals surface area contributed by atoms with Crippen LogP contribution in [0.25, 0.3) is 0 Å². The lowest BCUT2D eigenvalue weighted by Crippen LogP contribution is -2.43. The molecule has 0 spiro atoms. The molecule has 0 radical (unpaired) electrons. The normalized spacial score (nSPS) is 20.6. The molecule has 5 rings (SSSR count). The molecule has 0 fully saturated rings. The third-order valence-corrected chi connectivity index (χ3v) is 7.64. The molecule has 2 aliphatic rings. The molecule has 0 saturated carbocycles. The number of aliphatic hydroxyl groups is 2. The number of ether oxygens (including phenoxy) is 7. The number of rotatable bonds is 9. The van der Waals surface area contributed by atoms with Crippen LogP contribution < -0.4 is 38.5 Å². The first-order valence-electron chi connectivity index (χ1n) is 12.9. The highest BCUT2D eigenvalue weighted by atomic mass is 16.7. The summed E-state index contributed by atoms with van der Waals surface area (Å²) in [6.07, 6.45) is -1.17. The standard InChI is InChI=1S/C30H33NO10/c1-35-17-8-16(9-18(10-17)36-2)31-30(34)27-21(13-32)28(33)20-12-23-22(40-14-41-23)11-19(20)26(27)15-6-24(37-3)29(39-5)25(7-15)38-4/h6-12,21,26-28,32-33H,13-14H2,1-5H3,(H,31,34)/t21-,26+,27-,28-/m0/s1. The van der Waals surface area contributed by atoms with Crippen molar-refractivity contribution >= 4 is 11.6 Å². The Morgan fingerprint density at radius 1 is 0.829 bits per heavy atom. The van der Waals surface area contributed by atoms with Crippen molar-refractivity contribution in [3.8, 4) is 40.2 Å². The summed E-state index contributed by atoms with van der Waals surface area (Å²) >= 11 is 0. The van der Waals surface area contributed by atoms with Gasteiger partial charge in [0.2, 0.25) is 18.4 Å². The van der Waals surface area contributed by atoms with Crippen molar-refractivity contribution in [2.45, 2.75) is 12.0 Å². The van der Waals surface area contributed by atoms with Crippen LogP contribution in [0.5, 0.6) is 40.2 Å². The fraction of sp³-hybridized carbons (Fsp3) is 0.367. The summed E-state index contributed by atoms with van der Waals surface area (Å²) < 4.78 is 38.7. The van der Waals surface area contributed by atoms with Gasteiger partial charge in [0.1, 0.15) is 11.5 Å². The minimum Gasteiger partial charge on any atom is -0.497 e. The number of aliphatic hydroxyl groups excluding tert-OH is 2. The first-order valence-corrected chi connectivity index (χ1v) is 12.9. The zero-order chi connectivity index (χ0) is 29.3.